The van der Waals surface area contributed by atoms with E-state index in [4.69, 9.17) is 0 Å². The first-order chi connectivity index (χ1) is 18.5. The van der Waals surface area contributed by atoms with Crippen LogP contribution in [0.4, 0.5) is 10.1 Å². The third kappa shape index (κ3) is 5.59. The molecule has 38 heavy (non-hydrogen) atoms. The van der Waals surface area contributed by atoms with Crippen molar-refractivity contribution < 1.29 is 14.0 Å². The van der Waals surface area contributed by atoms with Crippen molar-refractivity contribution in [1.82, 2.24) is 30.5 Å². The van der Waals surface area contributed by atoms with Gasteiger partial charge in [-0.1, -0.05) is 37.1 Å². The number of carbonyl (C=O) groups excluding carboxylic acids is 2. The first-order valence-corrected chi connectivity index (χ1v) is 12.6. The number of hydrogen-bond acceptors (Lipinski definition) is 6. The molecule has 2 aromatic carbocycles. The van der Waals surface area contributed by atoms with Crippen molar-refractivity contribution in [3.63, 3.8) is 0 Å². The van der Waals surface area contributed by atoms with Gasteiger partial charge in [0.1, 0.15) is 18.4 Å². The van der Waals surface area contributed by atoms with Gasteiger partial charge in [0, 0.05) is 24.1 Å². The van der Waals surface area contributed by atoms with Gasteiger partial charge >= 0.3 is 0 Å². The number of halogens is 1. The van der Waals surface area contributed by atoms with Crippen LogP contribution in [-0.4, -0.2) is 43.0 Å². The number of aromatic nitrogens is 5. The van der Waals surface area contributed by atoms with Crippen LogP contribution in [0.15, 0.2) is 73.1 Å². The summed E-state index contributed by atoms with van der Waals surface area (Å²) in [4.78, 5) is 34.4. The molecule has 1 N–H and O–H groups in total. The lowest BCUT2D eigenvalue weighted by Gasteiger charge is -2.32. The van der Waals surface area contributed by atoms with E-state index < -0.39 is 17.8 Å². The summed E-state index contributed by atoms with van der Waals surface area (Å²) in [6, 6.07) is 16.1. The van der Waals surface area contributed by atoms with Gasteiger partial charge in [0.05, 0.1) is 5.56 Å². The van der Waals surface area contributed by atoms with Crippen molar-refractivity contribution in [3.8, 4) is 11.4 Å². The van der Waals surface area contributed by atoms with Gasteiger partial charge in [-0.2, -0.15) is 4.80 Å². The summed E-state index contributed by atoms with van der Waals surface area (Å²) in [6.45, 7) is 1.62. The van der Waals surface area contributed by atoms with E-state index in [0.717, 1.165) is 36.0 Å². The summed E-state index contributed by atoms with van der Waals surface area (Å²) in [5.41, 5.74) is 2.31. The highest BCUT2D eigenvalue weighted by atomic mass is 19.1. The number of pyridine rings is 1. The third-order valence-corrected chi connectivity index (χ3v) is 6.62. The molecule has 2 amide bonds. The zero-order valence-corrected chi connectivity index (χ0v) is 21.0. The molecule has 194 valence electrons. The highest BCUT2D eigenvalue weighted by molar-refractivity contribution is 6.01. The van der Waals surface area contributed by atoms with E-state index in [1.807, 2.05) is 25.1 Å². The zero-order chi connectivity index (χ0) is 26.5. The minimum absolute atomic E-state index is 0.0709. The number of nitrogens with one attached hydrogen (secondary N) is 1. The fourth-order valence-corrected chi connectivity index (χ4v) is 4.79. The Morgan fingerprint density at radius 2 is 1.84 bits per heavy atom. The van der Waals surface area contributed by atoms with Crippen LogP contribution in [0.2, 0.25) is 0 Å². The maximum Gasteiger partial charge on any atom is 0.251 e. The van der Waals surface area contributed by atoms with E-state index in [-0.39, 0.29) is 29.9 Å². The monoisotopic (exact) mass is 513 g/mol. The predicted octanol–water partition coefficient (Wildman–Crippen LogP) is 4.02. The molecule has 2 heterocycles. The van der Waals surface area contributed by atoms with Gasteiger partial charge < -0.3 is 5.32 Å². The molecule has 1 fully saturated rings. The highest BCUT2D eigenvalue weighted by Gasteiger charge is 2.34. The van der Waals surface area contributed by atoms with Crippen molar-refractivity contribution in [2.45, 2.75) is 51.2 Å². The largest absolute Gasteiger partial charge is 0.351 e. The van der Waals surface area contributed by atoms with Crippen molar-refractivity contribution in [2.24, 2.45) is 0 Å². The molecule has 0 spiro atoms. The fraction of sp³-hybridized carbons (Fsp3) is 0.286. The van der Waals surface area contributed by atoms with Crippen molar-refractivity contribution in [3.05, 3.63) is 90.0 Å². The molecule has 10 heteroatoms. The Bertz CT molecular complexity index is 1420. The van der Waals surface area contributed by atoms with Gasteiger partial charge in [-0.05, 0) is 72.5 Å². The molecule has 1 aliphatic carbocycles. The summed E-state index contributed by atoms with van der Waals surface area (Å²) >= 11 is 0. The molecule has 4 aromatic rings. The second kappa shape index (κ2) is 11.3. The second-order valence-corrected chi connectivity index (χ2v) is 9.40. The summed E-state index contributed by atoms with van der Waals surface area (Å²) < 4.78 is 14.2. The molecule has 0 radical (unpaired) electrons. The third-order valence-electron chi connectivity index (χ3n) is 6.62. The number of hydrogen-bond donors (Lipinski definition) is 1. The molecule has 0 saturated heterocycles. The van der Waals surface area contributed by atoms with Gasteiger partial charge in [0.2, 0.25) is 11.7 Å². The topological polar surface area (TPSA) is 106 Å². The van der Waals surface area contributed by atoms with E-state index in [1.165, 1.54) is 11.0 Å². The average Bonchev–Trinajstić information content (AvgIpc) is 3.60. The van der Waals surface area contributed by atoms with Crippen LogP contribution in [0.1, 0.15) is 42.9 Å². The van der Waals surface area contributed by atoms with E-state index in [0.29, 0.717) is 11.3 Å². The maximum absolute atomic E-state index is 14.2. The second-order valence-electron chi connectivity index (χ2n) is 9.40. The molecule has 0 aliphatic heterocycles. The first-order valence-electron chi connectivity index (χ1n) is 12.6. The lowest BCUT2D eigenvalue weighted by Crippen LogP contribution is -2.47. The van der Waals surface area contributed by atoms with Gasteiger partial charge in [-0.15, -0.1) is 10.2 Å². The van der Waals surface area contributed by atoms with E-state index in [1.54, 1.807) is 48.8 Å². The number of carbonyl (C=O) groups is 2. The van der Waals surface area contributed by atoms with E-state index >= 15 is 0 Å². The lowest BCUT2D eigenvalue weighted by molar-refractivity contribution is -0.127. The SMILES string of the molecule is Cc1cccc(N(C(=O)Cn2nnc(-c3ccccc3F)n2)[C@@H](C(=O)NC2CCCC2)c2ccncc2)c1. The normalized spacial score (nSPS) is 14.3. The number of amides is 2. The maximum atomic E-state index is 14.2. The van der Waals surface area contributed by atoms with Crippen LogP contribution < -0.4 is 10.2 Å². The van der Waals surface area contributed by atoms with Crippen LogP contribution in [-0.2, 0) is 16.1 Å². The number of benzene rings is 2. The Balaban J connectivity index is 1.50. The van der Waals surface area contributed by atoms with Crippen LogP contribution in [0, 0.1) is 12.7 Å². The average molecular weight is 514 g/mol. The number of tetrazole rings is 1. The molecule has 1 aliphatic rings. The van der Waals surface area contributed by atoms with Crippen molar-refractivity contribution >= 4 is 17.5 Å². The molecular weight excluding hydrogens is 485 g/mol. The van der Waals surface area contributed by atoms with Crippen LogP contribution >= 0.6 is 0 Å². The van der Waals surface area contributed by atoms with Gasteiger partial charge in [-0.3, -0.25) is 19.5 Å². The predicted molar refractivity (Wildman–Crippen MR) is 139 cm³/mol. The Morgan fingerprint density at radius 1 is 1.08 bits per heavy atom. The van der Waals surface area contributed by atoms with Crippen LogP contribution in [0.25, 0.3) is 11.4 Å². The first kappa shape index (κ1) is 25.2. The van der Waals surface area contributed by atoms with Crippen molar-refractivity contribution in [1.29, 1.82) is 0 Å². The van der Waals surface area contributed by atoms with E-state index in [9.17, 15) is 14.0 Å². The van der Waals surface area contributed by atoms with Crippen LogP contribution in [0.5, 0.6) is 0 Å². The molecule has 9 nitrogen and oxygen atoms in total. The standard InChI is InChI=1S/C28H28FN7O2/c1-19-7-6-10-22(17-19)36(25(37)18-35-33-27(32-34-35)23-11-4-5-12-24(23)29)26(20-13-15-30-16-14-20)28(38)31-21-8-2-3-9-21/h4-7,10-17,21,26H,2-3,8-9,18H2,1H3,(H,31,38)/t26-/m1/s1. The Hall–Kier alpha value is -4.47. The Kier molecular flexibility index (Phi) is 7.48. The van der Waals surface area contributed by atoms with Gasteiger partial charge in [-0.25, -0.2) is 4.39 Å². The smallest absolute Gasteiger partial charge is 0.251 e. The molecular formula is C28H28FN7O2. The molecule has 0 bridgehead atoms. The van der Waals surface area contributed by atoms with E-state index in [2.05, 4.69) is 25.7 Å². The van der Waals surface area contributed by atoms with Gasteiger partial charge in [0.25, 0.3) is 5.91 Å². The number of rotatable bonds is 8. The molecule has 5 rings (SSSR count). The Labute approximate surface area is 219 Å². The van der Waals surface area contributed by atoms with Crippen molar-refractivity contribution in [2.75, 3.05) is 4.90 Å². The zero-order valence-electron chi connectivity index (χ0n) is 21.0. The summed E-state index contributed by atoms with van der Waals surface area (Å²) in [5.74, 6) is -1.10. The lowest BCUT2D eigenvalue weighted by atomic mass is 10.0. The number of aryl methyl sites for hydroxylation is 1. The molecule has 1 atom stereocenters. The molecule has 0 unspecified atom stereocenters. The number of nitrogens with zero attached hydrogens (tertiary/aromatic N) is 6. The summed E-state index contributed by atoms with van der Waals surface area (Å²) in [7, 11) is 0. The molecule has 1 saturated carbocycles. The van der Waals surface area contributed by atoms with Gasteiger partial charge in [0.15, 0.2) is 0 Å². The minimum Gasteiger partial charge on any atom is -0.351 e. The fourth-order valence-electron chi connectivity index (χ4n) is 4.79. The van der Waals surface area contributed by atoms with Crippen LogP contribution in [0.3, 0.4) is 0 Å². The molecule has 2 aromatic heterocycles. The highest BCUT2D eigenvalue weighted by Crippen LogP contribution is 2.30. The Morgan fingerprint density at radius 3 is 2.58 bits per heavy atom. The quantitative estimate of drug-likeness (QED) is 0.382. The summed E-state index contributed by atoms with van der Waals surface area (Å²) in [6.07, 6.45) is 7.15. The summed E-state index contributed by atoms with van der Waals surface area (Å²) in [5, 5.41) is 15.3. The minimum atomic E-state index is -0.942. The number of anilines is 1.